The zero-order chi connectivity index (χ0) is 11.8. The first-order valence-electron chi connectivity index (χ1n) is 5.78. The Hall–Kier alpha value is -1.06. The lowest BCUT2D eigenvalue weighted by Gasteiger charge is -2.08. The molecule has 0 saturated carbocycles. The fourth-order valence-corrected chi connectivity index (χ4v) is 1.23. The summed E-state index contributed by atoms with van der Waals surface area (Å²) in [4.78, 5) is 5.30. The van der Waals surface area contributed by atoms with Crippen molar-refractivity contribution in [2.24, 2.45) is 5.92 Å². The van der Waals surface area contributed by atoms with Gasteiger partial charge in [0.15, 0.2) is 0 Å². The van der Waals surface area contributed by atoms with Gasteiger partial charge in [0.1, 0.15) is 5.75 Å². The van der Waals surface area contributed by atoms with Crippen LogP contribution < -0.4 is 10.2 Å². The van der Waals surface area contributed by atoms with Gasteiger partial charge in [0.25, 0.3) is 0 Å². The van der Waals surface area contributed by atoms with E-state index >= 15 is 0 Å². The topological polar surface area (TPSA) is 30.5 Å². The second-order valence-corrected chi connectivity index (χ2v) is 4.10. The molecule has 0 radical (unpaired) electrons. The molecule has 1 aromatic rings. The van der Waals surface area contributed by atoms with E-state index in [1.807, 2.05) is 31.2 Å². The largest absolute Gasteiger partial charge is 0.494 e. The minimum Gasteiger partial charge on any atom is -0.494 e. The van der Waals surface area contributed by atoms with Crippen LogP contribution in [0.15, 0.2) is 24.3 Å². The molecule has 0 aliphatic rings. The van der Waals surface area contributed by atoms with E-state index in [4.69, 9.17) is 9.57 Å². The van der Waals surface area contributed by atoms with Crippen LogP contribution in [-0.2, 0) is 11.4 Å². The second kappa shape index (κ2) is 7.25. The molecule has 3 heteroatoms. The molecular weight excluding hydrogens is 202 g/mol. The first kappa shape index (κ1) is 13.0. The van der Waals surface area contributed by atoms with Gasteiger partial charge in [0.2, 0.25) is 0 Å². The van der Waals surface area contributed by atoms with Crippen LogP contribution in [0.4, 0.5) is 0 Å². The van der Waals surface area contributed by atoms with Gasteiger partial charge in [-0.15, -0.1) is 0 Å². The fraction of sp³-hybridized carbons (Fsp3) is 0.538. The summed E-state index contributed by atoms with van der Waals surface area (Å²) in [6.07, 6.45) is 0. The molecule has 0 fully saturated rings. The van der Waals surface area contributed by atoms with Crippen LogP contribution in [0.1, 0.15) is 26.3 Å². The van der Waals surface area contributed by atoms with E-state index in [1.165, 1.54) is 5.56 Å². The summed E-state index contributed by atoms with van der Waals surface area (Å²) in [5.41, 5.74) is 4.13. The highest BCUT2D eigenvalue weighted by Crippen LogP contribution is 2.11. The summed E-state index contributed by atoms with van der Waals surface area (Å²) >= 11 is 0. The number of benzene rings is 1. The van der Waals surface area contributed by atoms with E-state index in [-0.39, 0.29) is 0 Å². The van der Waals surface area contributed by atoms with Gasteiger partial charge in [-0.2, -0.15) is 5.48 Å². The summed E-state index contributed by atoms with van der Waals surface area (Å²) in [5.74, 6) is 1.46. The highest BCUT2D eigenvalue weighted by atomic mass is 16.6. The van der Waals surface area contributed by atoms with Crippen molar-refractivity contribution >= 4 is 0 Å². The van der Waals surface area contributed by atoms with Gasteiger partial charge < -0.3 is 9.57 Å². The lowest BCUT2D eigenvalue weighted by Crippen LogP contribution is -2.17. The van der Waals surface area contributed by atoms with E-state index in [0.717, 1.165) is 18.9 Å². The predicted octanol–water partition coefficient (Wildman–Crippen LogP) is 2.76. The van der Waals surface area contributed by atoms with Crippen molar-refractivity contribution in [3.63, 3.8) is 0 Å². The van der Waals surface area contributed by atoms with Crippen molar-refractivity contribution in [1.29, 1.82) is 0 Å². The average molecular weight is 223 g/mol. The quantitative estimate of drug-likeness (QED) is 0.569. The van der Waals surface area contributed by atoms with Gasteiger partial charge in [-0.1, -0.05) is 26.0 Å². The second-order valence-electron chi connectivity index (χ2n) is 4.10. The molecule has 90 valence electrons. The van der Waals surface area contributed by atoms with Crippen molar-refractivity contribution in [1.82, 2.24) is 5.48 Å². The van der Waals surface area contributed by atoms with Gasteiger partial charge in [-0.05, 0) is 30.5 Å². The highest BCUT2D eigenvalue weighted by molar-refractivity contribution is 5.26. The minimum absolute atomic E-state index is 0.549. The van der Waals surface area contributed by atoms with Gasteiger partial charge in [-0.25, -0.2) is 0 Å². The molecule has 16 heavy (non-hydrogen) atoms. The Morgan fingerprint density at radius 1 is 1.19 bits per heavy atom. The van der Waals surface area contributed by atoms with Gasteiger partial charge >= 0.3 is 0 Å². The van der Waals surface area contributed by atoms with Crippen LogP contribution >= 0.6 is 0 Å². The van der Waals surface area contributed by atoms with Gasteiger partial charge in [-0.3, -0.25) is 0 Å². The van der Waals surface area contributed by atoms with Crippen LogP contribution in [0.2, 0.25) is 0 Å². The maximum absolute atomic E-state index is 5.37. The first-order valence-corrected chi connectivity index (χ1v) is 5.78. The molecule has 0 heterocycles. The Morgan fingerprint density at radius 2 is 1.88 bits per heavy atom. The third kappa shape index (κ3) is 5.14. The van der Waals surface area contributed by atoms with Crippen LogP contribution in [0, 0.1) is 5.92 Å². The molecule has 0 unspecified atom stereocenters. The third-order valence-corrected chi connectivity index (χ3v) is 2.03. The summed E-state index contributed by atoms with van der Waals surface area (Å²) in [5, 5.41) is 0. The Balaban J connectivity index is 2.26. The van der Waals surface area contributed by atoms with E-state index < -0.39 is 0 Å². The summed E-state index contributed by atoms with van der Waals surface area (Å²) < 4.78 is 5.37. The molecule has 1 rings (SSSR count). The molecule has 1 N–H and O–H groups in total. The highest BCUT2D eigenvalue weighted by Gasteiger charge is 1.96. The molecule has 0 spiro atoms. The van der Waals surface area contributed by atoms with Gasteiger partial charge in [0, 0.05) is 6.54 Å². The SMILES string of the molecule is CCOc1ccc(CNOCC(C)C)cc1. The Bertz CT molecular complexity index is 282. The van der Waals surface area contributed by atoms with Crippen molar-refractivity contribution in [3.8, 4) is 5.75 Å². The van der Waals surface area contributed by atoms with Crippen molar-refractivity contribution in [2.75, 3.05) is 13.2 Å². The first-order chi connectivity index (χ1) is 7.72. The lowest BCUT2D eigenvalue weighted by atomic mass is 10.2. The lowest BCUT2D eigenvalue weighted by molar-refractivity contribution is 0.0196. The summed E-state index contributed by atoms with van der Waals surface area (Å²) in [6.45, 7) is 8.39. The monoisotopic (exact) mass is 223 g/mol. The Kier molecular flexibility index (Phi) is 5.90. The van der Waals surface area contributed by atoms with Crippen LogP contribution in [0.5, 0.6) is 5.75 Å². The standard InChI is InChI=1S/C13H21NO2/c1-4-15-13-7-5-12(6-8-13)9-14-16-10-11(2)3/h5-8,11,14H,4,9-10H2,1-3H3. The number of nitrogens with one attached hydrogen (secondary N) is 1. The average Bonchev–Trinajstić information content (AvgIpc) is 2.27. The molecule has 0 aliphatic carbocycles. The molecule has 1 aromatic carbocycles. The van der Waals surface area contributed by atoms with Crippen molar-refractivity contribution in [2.45, 2.75) is 27.3 Å². The number of hydrogen-bond donors (Lipinski definition) is 1. The third-order valence-electron chi connectivity index (χ3n) is 2.03. The Morgan fingerprint density at radius 3 is 2.44 bits per heavy atom. The maximum Gasteiger partial charge on any atom is 0.119 e. The molecule has 0 amide bonds. The van der Waals surface area contributed by atoms with Crippen LogP contribution in [-0.4, -0.2) is 13.2 Å². The van der Waals surface area contributed by atoms with Crippen molar-refractivity contribution < 1.29 is 9.57 Å². The van der Waals surface area contributed by atoms with Crippen molar-refractivity contribution in [3.05, 3.63) is 29.8 Å². The fourth-order valence-electron chi connectivity index (χ4n) is 1.23. The predicted molar refractivity (Wildman–Crippen MR) is 65.2 cm³/mol. The Labute approximate surface area is 97.7 Å². The van der Waals surface area contributed by atoms with Crippen LogP contribution in [0.25, 0.3) is 0 Å². The smallest absolute Gasteiger partial charge is 0.119 e. The molecule has 3 nitrogen and oxygen atoms in total. The molecule has 0 bridgehead atoms. The van der Waals surface area contributed by atoms with E-state index in [2.05, 4.69) is 19.3 Å². The van der Waals surface area contributed by atoms with E-state index in [0.29, 0.717) is 12.5 Å². The maximum atomic E-state index is 5.37. The summed E-state index contributed by atoms with van der Waals surface area (Å²) in [7, 11) is 0. The minimum atomic E-state index is 0.549. The normalized spacial score (nSPS) is 10.8. The zero-order valence-corrected chi connectivity index (χ0v) is 10.3. The zero-order valence-electron chi connectivity index (χ0n) is 10.3. The number of rotatable bonds is 7. The number of ether oxygens (including phenoxy) is 1. The molecular formula is C13H21NO2. The van der Waals surface area contributed by atoms with Crippen LogP contribution in [0.3, 0.4) is 0 Å². The molecule has 0 atom stereocenters. The number of hydrogen-bond acceptors (Lipinski definition) is 3. The molecule has 0 saturated heterocycles. The van der Waals surface area contributed by atoms with Gasteiger partial charge in [0.05, 0.1) is 13.2 Å². The molecule has 0 aliphatic heterocycles. The number of hydroxylamine groups is 1. The van der Waals surface area contributed by atoms with E-state index in [1.54, 1.807) is 0 Å². The summed E-state index contributed by atoms with van der Waals surface area (Å²) in [6, 6.07) is 8.03. The van der Waals surface area contributed by atoms with E-state index in [9.17, 15) is 0 Å². The molecule has 0 aromatic heterocycles.